The molecule has 0 aliphatic rings. The van der Waals surface area contributed by atoms with E-state index in [0.717, 1.165) is 32.3 Å². The van der Waals surface area contributed by atoms with Gasteiger partial charge in [0.2, 0.25) is 0 Å². The molecule has 0 saturated carbocycles. The van der Waals surface area contributed by atoms with E-state index in [2.05, 4.69) is 79.9 Å². The molecule has 0 aliphatic carbocycles. The number of aryl methyl sites for hydroxylation is 2. The van der Waals surface area contributed by atoms with Crippen LogP contribution in [0.4, 0.5) is 37.6 Å². The van der Waals surface area contributed by atoms with Crippen LogP contribution in [-0.2, 0) is 48.8 Å². The molecule has 0 spiro atoms. The lowest BCUT2D eigenvalue weighted by Gasteiger charge is -2.21. The second kappa shape index (κ2) is 37.2. The number of ether oxygens (including phenoxy) is 7. The van der Waals surface area contributed by atoms with E-state index >= 15 is 0 Å². The number of aliphatic carboxylic acids is 1. The molecule has 0 radical (unpaired) electrons. The van der Waals surface area contributed by atoms with Crippen molar-refractivity contribution in [1.82, 2.24) is 70.3 Å². The number of nitrogens with zero attached hydrogens (tertiary/aromatic N) is 15. The zero-order valence-corrected chi connectivity index (χ0v) is 63.6. The fourth-order valence-corrected chi connectivity index (χ4v) is 9.87. The van der Waals surface area contributed by atoms with E-state index in [4.69, 9.17) is 59.5 Å². The highest BCUT2D eigenvalue weighted by Crippen LogP contribution is 2.41. The third-order valence-corrected chi connectivity index (χ3v) is 15.0. The average Bonchev–Trinajstić information content (AvgIpc) is 1.59. The van der Waals surface area contributed by atoms with Gasteiger partial charge in [0.25, 0.3) is 17.9 Å². The lowest BCUT2D eigenvalue weighted by Crippen LogP contribution is -2.24. The van der Waals surface area contributed by atoms with Gasteiger partial charge in [-0.25, -0.2) is 53.1 Å². The highest BCUT2D eigenvalue weighted by molar-refractivity contribution is 9.10. The predicted octanol–water partition coefficient (Wildman–Crippen LogP) is 15.7. The van der Waals surface area contributed by atoms with Gasteiger partial charge in [-0.1, -0.05) is 40.2 Å². The largest absolute Gasteiger partial charge is 0.489 e. The molecule has 6 aromatic heterocycles. The first-order chi connectivity index (χ1) is 49.6. The highest BCUT2D eigenvalue weighted by Gasteiger charge is 2.27. The monoisotopic (exact) mass is 1520 g/mol. The van der Waals surface area contributed by atoms with Crippen LogP contribution >= 0.6 is 15.9 Å². The van der Waals surface area contributed by atoms with Crippen LogP contribution in [0.15, 0.2) is 145 Å². The van der Waals surface area contributed by atoms with Gasteiger partial charge in [-0.2, -0.15) is 15.3 Å². The van der Waals surface area contributed by atoms with E-state index in [0.29, 0.717) is 97.3 Å². The normalized spacial score (nSPS) is 11.1. The van der Waals surface area contributed by atoms with Crippen LogP contribution in [0.1, 0.15) is 85.1 Å². The molecule has 28 nitrogen and oxygen atoms in total. The molecular weight excluding hydrogens is 1430 g/mol. The number of hydrogen-bond acceptors (Lipinski definition) is 22. The van der Waals surface area contributed by atoms with Crippen molar-refractivity contribution in [3.05, 3.63) is 202 Å². The Hall–Kier alpha value is -11.6. The Kier molecular flexibility index (Phi) is 29.3. The summed E-state index contributed by atoms with van der Waals surface area (Å²) in [5.74, 6) is 2.96. The summed E-state index contributed by atoms with van der Waals surface area (Å²) in [7, 11) is 7.97. The molecule has 0 atom stereocenters. The van der Waals surface area contributed by atoms with E-state index in [1.165, 1.54) is 51.9 Å². The predicted molar refractivity (Wildman–Crippen MR) is 406 cm³/mol. The summed E-state index contributed by atoms with van der Waals surface area (Å²) in [4.78, 5) is 43.6. The number of rotatable bonds is 18. The summed E-state index contributed by atoms with van der Waals surface area (Å²) in [6, 6.07) is 30.4. The maximum atomic E-state index is 14.3. The van der Waals surface area contributed by atoms with Gasteiger partial charge in [-0.15, -0.1) is 0 Å². The summed E-state index contributed by atoms with van der Waals surface area (Å²) >= 11 is 3.39. The minimum absolute atomic E-state index is 0. The topological polar surface area (TPSA) is 358 Å². The summed E-state index contributed by atoms with van der Waals surface area (Å²) in [6.45, 7) is 36.5. The highest BCUT2D eigenvalue weighted by atomic mass is 79.9. The van der Waals surface area contributed by atoms with Gasteiger partial charge in [0.15, 0.2) is 5.65 Å². The van der Waals surface area contributed by atoms with Crippen molar-refractivity contribution in [3.63, 3.8) is 0 Å². The SMILES string of the molecule is CN(C)CC(=O)O.COC(OC)OC.Cc1ncc(COc2cc(F)cc(Oc3ccc(-c4nn(C(C)(C)C)c5ncnc(N)c45)cc3)c2)cn1.N.[C-]#[N+]c1c(-c2ccc(Br)cc2)nn(C(C)(C)C)c1N.[C-]#[N+]c1c(-c2ccc(Oc3cc(F)cc(OCc4cnc(C)nc4)c3)cc2)nn(C(C)(C)C)c1N. The first-order valence-electron chi connectivity index (χ1n) is 32.3. The lowest BCUT2D eigenvalue weighted by molar-refractivity contribution is -0.252. The number of hydrogen-bond donors (Lipinski definition) is 5. The number of carboxylic acid groups (broad SMARTS) is 1. The number of carbonyl (C=O) groups is 1. The van der Waals surface area contributed by atoms with Gasteiger partial charge in [-0.05, 0) is 150 Å². The molecule has 11 rings (SSSR count). The summed E-state index contributed by atoms with van der Waals surface area (Å²) in [6.07, 6.45) is 8.12. The average molecular weight is 1520 g/mol. The third kappa shape index (κ3) is 23.2. The maximum Gasteiger partial charge on any atom is 0.317 e. The zero-order valence-electron chi connectivity index (χ0n) is 62.0. The minimum Gasteiger partial charge on any atom is -0.489 e. The van der Waals surface area contributed by atoms with E-state index < -0.39 is 24.1 Å². The number of likely N-dealkylation sites (N-methyl/N-ethyl adjacent to an activating group) is 1. The van der Waals surface area contributed by atoms with Gasteiger partial charge in [0, 0.05) is 104 Å². The van der Waals surface area contributed by atoms with Crippen LogP contribution < -0.4 is 42.3 Å². The summed E-state index contributed by atoms with van der Waals surface area (Å²) in [5.41, 5.74) is 24.7. The lowest BCUT2D eigenvalue weighted by atomic mass is 10.1. The molecule has 10 N–H and O–H groups in total. The van der Waals surface area contributed by atoms with Crippen molar-refractivity contribution < 1.29 is 51.8 Å². The van der Waals surface area contributed by atoms with E-state index in [9.17, 15) is 13.6 Å². The number of benzene rings is 5. The van der Waals surface area contributed by atoms with Gasteiger partial charge < -0.3 is 61.6 Å². The molecule has 558 valence electrons. The number of anilines is 3. The number of fused-ring (bicyclic) bond motifs is 1. The molecular formula is C75H88BrF2N19O9. The van der Waals surface area contributed by atoms with E-state index in [-0.39, 0.29) is 48.3 Å². The molecule has 0 bridgehead atoms. The first kappa shape index (κ1) is 83.4. The molecule has 0 aliphatic heterocycles. The molecule has 6 heterocycles. The van der Waals surface area contributed by atoms with Gasteiger partial charge in [0.1, 0.15) is 112 Å². The molecule has 0 saturated heterocycles. The number of halogens is 3. The number of methoxy groups -OCH3 is 3. The zero-order chi connectivity index (χ0) is 77.1. The number of carboxylic acids is 1. The summed E-state index contributed by atoms with van der Waals surface area (Å²) < 4.78 is 71.6. The van der Waals surface area contributed by atoms with Gasteiger partial charge >= 0.3 is 5.97 Å². The Morgan fingerprint density at radius 2 is 0.906 bits per heavy atom. The number of nitrogen functional groups attached to an aromatic ring is 3. The van der Waals surface area contributed by atoms with Crippen molar-refractivity contribution >= 4 is 61.8 Å². The second-order valence-corrected chi connectivity index (χ2v) is 27.3. The molecule has 0 fully saturated rings. The smallest absolute Gasteiger partial charge is 0.317 e. The van der Waals surface area contributed by atoms with Crippen LogP contribution in [0.3, 0.4) is 0 Å². The van der Waals surface area contributed by atoms with Crippen molar-refractivity contribution in [2.24, 2.45) is 0 Å². The van der Waals surface area contributed by atoms with E-state index in [1.54, 1.807) is 116 Å². The quantitative estimate of drug-likeness (QED) is 0.0393. The van der Waals surface area contributed by atoms with Crippen molar-refractivity contribution in [1.29, 1.82) is 0 Å². The van der Waals surface area contributed by atoms with Crippen molar-refractivity contribution in [2.75, 3.05) is 59.2 Å². The Balaban J connectivity index is 0.000000235. The standard InChI is InChI=1S/C27H26FN7O2.C26H25FN6O2.C14H15BrN4.C4H9NO2.C4H10O3.H3N/c1-16-30-12-17(13-31-16)14-36-21-9-19(28)10-22(11-21)37-20-7-5-18(6-8-20)24-23-25(29)32-15-33-26(23)35(34-24)27(2,3)4;1-16-30-13-17(14-31-16)15-34-21-10-19(27)11-22(12-21)35-20-8-6-18(7-9-20)23-24(29-5)25(28)33(32-23)26(2,3)4;1-14(2,3)19-13(16)12(17-4)11(18-19)9-5-7-10(15)8-6-9;1-5(2)3-4(6)7;1-5-4(6-2)7-3;/h5-13,15H,14H2,1-4H3,(H2,29,32,33);6-14H,15,28H2,1-4H3;5-8H,16H2,1-3H3;3H2,1-2H3,(H,6,7);4H,1-3H3;1H3. The first-order valence-corrected chi connectivity index (χ1v) is 33.1. The van der Waals surface area contributed by atoms with Crippen LogP contribution in [0.25, 0.3) is 54.5 Å². The van der Waals surface area contributed by atoms with Crippen LogP contribution in [0.5, 0.6) is 34.5 Å². The third-order valence-electron chi connectivity index (χ3n) is 14.5. The summed E-state index contributed by atoms with van der Waals surface area (Å²) in [5, 5.41) is 22.6. The maximum absolute atomic E-state index is 14.3. The Bertz CT molecular complexity index is 4790. The van der Waals surface area contributed by atoms with Crippen molar-refractivity contribution in [3.8, 4) is 68.3 Å². The molecule has 106 heavy (non-hydrogen) atoms. The number of aromatic nitrogens is 12. The second-order valence-electron chi connectivity index (χ2n) is 26.4. The Morgan fingerprint density at radius 3 is 1.24 bits per heavy atom. The van der Waals surface area contributed by atoms with Gasteiger partial charge in [0.05, 0.1) is 41.7 Å². The van der Waals surface area contributed by atoms with Crippen LogP contribution in [0.2, 0.25) is 0 Å². The molecule has 0 unspecified atom stereocenters. The van der Waals surface area contributed by atoms with Crippen LogP contribution in [-0.4, -0.2) is 124 Å². The fourth-order valence-electron chi connectivity index (χ4n) is 9.60. The molecule has 31 heteroatoms. The Labute approximate surface area is 622 Å². The van der Waals surface area contributed by atoms with Crippen LogP contribution in [0, 0.1) is 38.6 Å². The Morgan fingerprint density at radius 1 is 0.547 bits per heavy atom. The fraction of sp³-hybridized carbons (Fsp3) is 0.307. The van der Waals surface area contributed by atoms with E-state index in [1.807, 2.05) is 103 Å². The molecule has 11 aromatic rings. The number of nitrogens with two attached hydrogens (primary N) is 3. The minimum atomic E-state index is -0.787. The molecule has 0 amide bonds. The van der Waals surface area contributed by atoms with Crippen molar-refractivity contribution in [2.45, 2.75) is 112 Å². The molecule has 5 aromatic carbocycles. The van der Waals surface area contributed by atoms with Gasteiger partial charge in [-0.3, -0.25) is 19.1 Å².